The number of aryl methyl sites for hydroxylation is 1. The van der Waals surface area contributed by atoms with Crippen molar-refractivity contribution in [2.24, 2.45) is 0 Å². The Hall–Kier alpha value is -2.26. The molecule has 2 aromatic rings. The van der Waals surface area contributed by atoms with Gasteiger partial charge in [0.25, 0.3) is 5.56 Å². The van der Waals surface area contributed by atoms with Crippen molar-refractivity contribution in [3.8, 4) is 5.75 Å². The van der Waals surface area contributed by atoms with Crippen LogP contribution in [0.4, 0.5) is 4.39 Å². The maximum absolute atomic E-state index is 13.8. The third-order valence-electron chi connectivity index (χ3n) is 5.59. The average Bonchev–Trinajstić information content (AvgIpc) is 2.97. The predicted molar refractivity (Wildman–Crippen MR) is 100 cm³/mol. The van der Waals surface area contributed by atoms with Gasteiger partial charge < -0.3 is 9.72 Å². The average molecular weight is 407 g/mol. The molecule has 1 N–H and O–H groups in total. The van der Waals surface area contributed by atoms with Crippen LogP contribution in [0.15, 0.2) is 27.9 Å². The zero-order chi connectivity index (χ0) is 20.1. The predicted octanol–water partition coefficient (Wildman–Crippen LogP) is 1.80. The van der Waals surface area contributed by atoms with Crippen molar-refractivity contribution >= 4 is 10.0 Å². The van der Waals surface area contributed by atoms with Crippen molar-refractivity contribution in [1.29, 1.82) is 0 Å². The molecular formula is C19H22FN3O4S. The van der Waals surface area contributed by atoms with Crippen LogP contribution >= 0.6 is 0 Å². The Kier molecular flexibility index (Phi) is 4.75. The van der Waals surface area contributed by atoms with Crippen molar-refractivity contribution in [3.63, 3.8) is 0 Å². The number of fused-ring (bicyclic) bond motifs is 3. The lowest BCUT2D eigenvalue weighted by atomic mass is 9.98. The summed E-state index contributed by atoms with van der Waals surface area (Å²) in [6.07, 6.45) is 2.60. The molecule has 1 aromatic heterocycles. The van der Waals surface area contributed by atoms with Crippen molar-refractivity contribution in [2.45, 2.75) is 56.0 Å². The summed E-state index contributed by atoms with van der Waals surface area (Å²) in [7, 11) is -2.65. The molecule has 3 heterocycles. The summed E-state index contributed by atoms with van der Waals surface area (Å²) in [6.45, 7) is 1.90. The first-order valence-corrected chi connectivity index (χ1v) is 10.8. The maximum Gasteiger partial charge on any atom is 0.254 e. The fourth-order valence-corrected chi connectivity index (χ4v) is 6.32. The molecular weight excluding hydrogens is 385 g/mol. The monoisotopic (exact) mass is 407 g/mol. The summed E-state index contributed by atoms with van der Waals surface area (Å²) in [6, 6.07) is 2.80. The maximum atomic E-state index is 13.8. The van der Waals surface area contributed by atoms with E-state index in [1.807, 2.05) is 6.92 Å². The third kappa shape index (κ3) is 3.02. The van der Waals surface area contributed by atoms with Crippen molar-refractivity contribution < 1.29 is 17.5 Å². The number of hydrogen-bond acceptors (Lipinski definition) is 5. The first-order chi connectivity index (χ1) is 13.3. The van der Waals surface area contributed by atoms with Crippen LogP contribution in [0.25, 0.3) is 0 Å². The molecule has 0 saturated carbocycles. The Morgan fingerprint density at radius 3 is 2.68 bits per heavy atom. The molecule has 0 radical (unpaired) electrons. The van der Waals surface area contributed by atoms with Gasteiger partial charge in [-0.15, -0.1) is 0 Å². The Bertz CT molecular complexity index is 1080. The van der Waals surface area contributed by atoms with Crippen molar-refractivity contribution in [3.05, 3.63) is 51.5 Å². The minimum absolute atomic E-state index is 0.104. The molecule has 2 atom stereocenters. The van der Waals surface area contributed by atoms with E-state index in [9.17, 15) is 17.6 Å². The molecule has 150 valence electrons. The number of benzene rings is 1. The fraction of sp³-hybridized carbons (Fsp3) is 0.474. The summed E-state index contributed by atoms with van der Waals surface area (Å²) in [5.41, 5.74) is 1.02. The third-order valence-corrected chi connectivity index (χ3v) is 7.61. The molecule has 4 rings (SSSR count). The number of ether oxygens (including phenoxy) is 1. The van der Waals surface area contributed by atoms with Crippen LogP contribution in [0, 0.1) is 5.82 Å². The van der Waals surface area contributed by atoms with Gasteiger partial charge in [-0.1, -0.05) is 6.92 Å². The number of methoxy groups -OCH3 is 1. The molecule has 7 nitrogen and oxygen atoms in total. The molecule has 9 heteroatoms. The highest BCUT2D eigenvalue weighted by atomic mass is 32.2. The van der Waals surface area contributed by atoms with Crippen LogP contribution in [0.1, 0.15) is 36.8 Å². The lowest BCUT2D eigenvalue weighted by Crippen LogP contribution is -2.41. The molecule has 1 aromatic carbocycles. The largest absolute Gasteiger partial charge is 0.495 e. The quantitative estimate of drug-likeness (QED) is 0.834. The summed E-state index contributed by atoms with van der Waals surface area (Å²) >= 11 is 0. The van der Waals surface area contributed by atoms with Gasteiger partial charge in [-0.05, 0) is 37.5 Å². The van der Waals surface area contributed by atoms with Crippen molar-refractivity contribution in [2.75, 3.05) is 7.11 Å². The number of nitrogens with zero attached hydrogens (tertiary/aromatic N) is 2. The first kappa shape index (κ1) is 19.1. The van der Waals surface area contributed by atoms with E-state index >= 15 is 0 Å². The minimum atomic E-state index is -4.00. The number of nitrogens with one attached hydrogen (secondary N) is 1. The summed E-state index contributed by atoms with van der Waals surface area (Å²) in [5.74, 6) is 0.0602. The normalized spacial score (nSPS) is 22.0. The van der Waals surface area contributed by atoms with Crippen LogP contribution in [0.5, 0.6) is 5.75 Å². The summed E-state index contributed by atoms with van der Waals surface area (Å²) in [4.78, 5) is 19.7. The highest BCUT2D eigenvalue weighted by molar-refractivity contribution is 7.89. The molecule has 2 aliphatic rings. The Morgan fingerprint density at radius 2 is 2.00 bits per heavy atom. The molecule has 1 saturated heterocycles. The van der Waals surface area contributed by atoms with Gasteiger partial charge in [-0.2, -0.15) is 4.31 Å². The molecule has 2 bridgehead atoms. The number of H-pyrrole nitrogens is 1. The molecule has 0 amide bonds. The lowest BCUT2D eigenvalue weighted by molar-refractivity contribution is 0.323. The van der Waals surface area contributed by atoms with Gasteiger partial charge in [-0.3, -0.25) is 4.79 Å². The van der Waals surface area contributed by atoms with E-state index in [2.05, 4.69) is 9.97 Å². The molecule has 1 fully saturated rings. The molecule has 0 spiro atoms. The second-order valence-electron chi connectivity index (χ2n) is 7.21. The standard InChI is InChI=1S/C19H22FN3O4S/c1-3-18-21-15-10-13-6-5-12(9-14(15)19(24)22-18)23(13)28(25,26)17-8-11(20)4-7-16(17)27-2/h4,7-8,12-13H,3,5-6,9-10H2,1-2H3,(H,21,22,24). The lowest BCUT2D eigenvalue weighted by Gasteiger charge is -2.27. The van der Waals surface area contributed by atoms with E-state index in [0.717, 1.165) is 6.07 Å². The Labute approximate surface area is 162 Å². The number of hydrogen-bond donors (Lipinski definition) is 1. The van der Waals surface area contributed by atoms with Gasteiger partial charge >= 0.3 is 0 Å². The SMILES string of the molecule is CCc1nc2c(c(=O)[nH]1)CC1CCC(C2)N1S(=O)(=O)c1cc(F)ccc1OC. The second kappa shape index (κ2) is 6.97. The number of sulfonamides is 1. The van der Waals surface area contributed by atoms with Crippen LogP contribution in [0.3, 0.4) is 0 Å². The number of halogens is 1. The van der Waals surface area contributed by atoms with Gasteiger partial charge in [0.05, 0.1) is 12.8 Å². The van der Waals surface area contributed by atoms with E-state index < -0.39 is 15.8 Å². The second-order valence-corrected chi connectivity index (χ2v) is 9.03. The van der Waals surface area contributed by atoms with E-state index in [1.165, 1.54) is 23.5 Å². The molecule has 0 aliphatic carbocycles. The van der Waals surface area contributed by atoms with Gasteiger partial charge in [0.1, 0.15) is 22.3 Å². The summed E-state index contributed by atoms with van der Waals surface area (Å²) < 4.78 is 47.4. The van der Waals surface area contributed by atoms with Crippen LogP contribution < -0.4 is 10.3 Å². The Balaban J connectivity index is 1.80. The van der Waals surface area contributed by atoms with Crippen molar-refractivity contribution in [1.82, 2.24) is 14.3 Å². The number of aromatic amines is 1. The summed E-state index contributed by atoms with van der Waals surface area (Å²) in [5, 5.41) is 0. The highest BCUT2D eigenvalue weighted by Crippen LogP contribution is 2.39. The fourth-order valence-electron chi connectivity index (χ4n) is 4.28. The van der Waals surface area contributed by atoms with Crippen LogP contribution in [-0.4, -0.2) is 41.9 Å². The van der Waals surface area contributed by atoms with E-state index in [1.54, 1.807) is 0 Å². The molecule has 28 heavy (non-hydrogen) atoms. The van der Waals surface area contributed by atoms with Crippen LogP contribution in [-0.2, 0) is 29.3 Å². The number of rotatable bonds is 4. The van der Waals surface area contributed by atoms with Gasteiger partial charge in [-0.25, -0.2) is 17.8 Å². The van der Waals surface area contributed by atoms with Crippen LogP contribution in [0.2, 0.25) is 0 Å². The topological polar surface area (TPSA) is 92.4 Å². The molecule has 2 unspecified atom stereocenters. The minimum Gasteiger partial charge on any atom is -0.495 e. The molecule has 2 aliphatic heterocycles. The van der Waals surface area contributed by atoms with E-state index in [4.69, 9.17) is 4.74 Å². The van der Waals surface area contributed by atoms with Gasteiger partial charge in [0.2, 0.25) is 10.0 Å². The zero-order valence-corrected chi connectivity index (χ0v) is 16.6. The van der Waals surface area contributed by atoms with Gasteiger partial charge in [0, 0.05) is 30.5 Å². The number of aromatic nitrogens is 2. The zero-order valence-electron chi connectivity index (χ0n) is 15.7. The Morgan fingerprint density at radius 1 is 1.29 bits per heavy atom. The first-order valence-electron chi connectivity index (χ1n) is 9.33. The van der Waals surface area contributed by atoms with E-state index in [-0.39, 0.29) is 28.3 Å². The smallest absolute Gasteiger partial charge is 0.254 e. The van der Waals surface area contributed by atoms with Gasteiger partial charge in [0.15, 0.2) is 0 Å². The highest BCUT2D eigenvalue weighted by Gasteiger charge is 2.46. The van der Waals surface area contributed by atoms with E-state index in [0.29, 0.717) is 49.2 Å².